The summed E-state index contributed by atoms with van der Waals surface area (Å²) in [6.07, 6.45) is 4.11. The smallest absolute Gasteiger partial charge is 0.315 e. The number of halogens is 4. The van der Waals surface area contributed by atoms with Crippen LogP contribution in [0.25, 0.3) is 10.4 Å². The number of amides is 4. The van der Waals surface area contributed by atoms with E-state index in [1.807, 2.05) is 11.8 Å². The van der Waals surface area contributed by atoms with Gasteiger partial charge in [0.15, 0.2) is 23.3 Å². The van der Waals surface area contributed by atoms with Gasteiger partial charge < -0.3 is 35.5 Å². The van der Waals surface area contributed by atoms with Gasteiger partial charge in [-0.2, -0.15) is 11.8 Å². The number of unbranched alkanes of at least 4 members (excludes halogenated alkanes) is 1. The Balaban J connectivity index is 1.09. The first kappa shape index (κ1) is 36.2. The lowest BCUT2D eigenvalue weighted by atomic mass is 10.0. The first-order valence-electron chi connectivity index (χ1n) is 14.6. The summed E-state index contributed by atoms with van der Waals surface area (Å²) < 4.78 is 71.8. The zero-order valence-electron chi connectivity index (χ0n) is 24.5. The second-order valence-corrected chi connectivity index (χ2v) is 11.5. The third kappa shape index (κ3) is 11.2. The molecule has 0 bridgehead atoms. The molecule has 1 aromatic rings. The summed E-state index contributed by atoms with van der Waals surface area (Å²) in [6.45, 7) is 2.32. The van der Waals surface area contributed by atoms with Gasteiger partial charge in [0.25, 0.3) is 5.91 Å². The van der Waals surface area contributed by atoms with E-state index in [1.165, 1.54) is 0 Å². The Labute approximate surface area is 261 Å². The number of hydrogen-bond acceptors (Lipinski definition) is 8. The van der Waals surface area contributed by atoms with Crippen LogP contribution in [0.1, 0.15) is 48.9 Å². The average molecular weight is 664 g/mol. The SMILES string of the molecule is [N-]=[N+]=Nc1c(F)c(F)c(C(=O)NCCCOCCOCCOCCCNC(=O)CCCC[C@@H]2SC[C@@H]3NC(=O)N[C@H]32)c(F)c1F. The zero-order chi connectivity index (χ0) is 32.6. The topological polar surface area (TPSA) is 176 Å². The summed E-state index contributed by atoms with van der Waals surface area (Å²) in [5.74, 6) is -8.29. The van der Waals surface area contributed by atoms with Crippen molar-refractivity contribution in [2.75, 3.05) is 58.5 Å². The molecule has 4 N–H and O–H groups in total. The lowest BCUT2D eigenvalue weighted by Gasteiger charge is -2.16. The van der Waals surface area contributed by atoms with E-state index in [-0.39, 0.29) is 56.8 Å². The standard InChI is InChI=1S/C27H37F4N7O6S/c28-20-19(21(29)23(31)25(22(20)30)37-38-32)26(40)34-8-4-10-43-12-14-44-13-11-42-9-3-7-33-18(39)6-2-1-5-17-24-16(15-45-17)35-27(41)36-24/h16-17,24H,1-15H2,(H,33,39)(H,34,40)(H2,35,36,41)/t16-,17-,24+/m0/s1. The molecule has 13 nitrogen and oxygen atoms in total. The van der Waals surface area contributed by atoms with E-state index in [1.54, 1.807) is 0 Å². The Bertz CT molecular complexity index is 1200. The van der Waals surface area contributed by atoms with Crippen LogP contribution in [0.5, 0.6) is 0 Å². The van der Waals surface area contributed by atoms with Gasteiger partial charge in [0.05, 0.1) is 38.5 Å². The van der Waals surface area contributed by atoms with Gasteiger partial charge in [-0.05, 0) is 31.2 Å². The molecule has 2 heterocycles. The van der Waals surface area contributed by atoms with E-state index in [4.69, 9.17) is 19.7 Å². The van der Waals surface area contributed by atoms with Crippen LogP contribution in [-0.4, -0.2) is 93.7 Å². The van der Waals surface area contributed by atoms with Crippen LogP contribution in [0.3, 0.4) is 0 Å². The minimum atomic E-state index is -1.97. The van der Waals surface area contributed by atoms with Crippen molar-refractivity contribution in [3.05, 3.63) is 39.3 Å². The van der Waals surface area contributed by atoms with Crippen molar-refractivity contribution in [3.63, 3.8) is 0 Å². The van der Waals surface area contributed by atoms with Crippen LogP contribution >= 0.6 is 11.8 Å². The van der Waals surface area contributed by atoms with Crippen molar-refractivity contribution in [1.29, 1.82) is 0 Å². The summed E-state index contributed by atoms with van der Waals surface area (Å²) >= 11 is 1.87. The molecule has 2 saturated heterocycles. The lowest BCUT2D eigenvalue weighted by Crippen LogP contribution is -2.36. The fourth-order valence-electron chi connectivity index (χ4n) is 4.72. The normalized spacial score (nSPS) is 18.6. The molecule has 2 fully saturated rings. The summed E-state index contributed by atoms with van der Waals surface area (Å²) in [7, 11) is 0. The third-order valence-electron chi connectivity index (χ3n) is 6.98. The maximum absolute atomic E-state index is 14.0. The minimum Gasteiger partial charge on any atom is -0.379 e. The highest BCUT2D eigenvalue weighted by Crippen LogP contribution is 2.33. The Morgan fingerprint density at radius 1 is 0.867 bits per heavy atom. The number of nitrogens with zero attached hydrogens (tertiary/aromatic N) is 3. The molecule has 3 atom stereocenters. The molecule has 250 valence electrons. The number of ether oxygens (including phenoxy) is 3. The van der Waals surface area contributed by atoms with E-state index >= 15 is 0 Å². The van der Waals surface area contributed by atoms with Crippen LogP contribution in [0, 0.1) is 23.3 Å². The molecule has 1 aromatic carbocycles. The molecule has 3 rings (SSSR count). The second kappa shape index (κ2) is 19.3. The zero-order valence-corrected chi connectivity index (χ0v) is 25.4. The third-order valence-corrected chi connectivity index (χ3v) is 8.48. The molecule has 18 heteroatoms. The number of benzene rings is 1. The van der Waals surface area contributed by atoms with Gasteiger partial charge in [0, 0.05) is 48.6 Å². The van der Waals surface area contributed by atoms with Crippen LogP contribution in [0.15, 0.2) is 5.11 Å². The fourth-order valence-corrected chi connectivity index (χ4v) is 6.27. The molecule has 2 aliphatic heterocycles. The molecule has 0 saturated carbocycles. The summed E-state index contributed by atoms with van der Waals surface area (Å²) in [4.78, 5) is 37.5. The van der Waals surface area contributed by atoms with Crippen LogP contribution in [-0.2, 0) is 19.0 Å². The van der Waals surface area contributed by atoms with E-state index in [9.17, 15) is 31.9 Å². The molecular weight excluding hydrogens is 626 g/mol. The number of nitrogens with one attached hydrogen (secondary N) is 4. The van der Waals surface area contributed by atoms with Crippen molar-refractivity contribution in [3.8, 4) is 0 Å². The van der Waals surface area contributed by atoms with E-state index in [0.29, 0.717) is 44.5 Å². The van der Waals surface area contributed by atoms with Gasteiger partial charge in [-0.25, -0.2) is 22.4 Å². The molecule has 2 aliphatic rings. The fraction of sp³-hybridized carbons (Fsp3) is 0.667. The Hall–Kier alpha value is -3.31. The molecular formula is C27H37F4N7O6S. The van der Waals surface area contributed by atoms with Gasteiger partial charge in [-0.1, -0.05) is 11.5 Å². The predicted molar refractivity (Wildman–Crippen MR) is 156 cm³/mol. The maximum Gasteiger partial charge on any atom is 0.315 e. The molecule has 45 heavy (non-hydrogen) atoms. The number of rotatable bonds is 21. The van der Waals surface area contributed by atoms with E-state index in [2.05, 4.69) is 31.3 Å². The van der Waals surface area contributed by atoms with Crippen molar-refractivity contribution in [2.24, 2.45) is 5.11 Å². The maximum atomic E-state index is 14.0. The number of azide groups is 1. The number of carbonyl (C=O) groups excluding carboxylic acids is 3. The Morgan fingerprint density at radius 2 is 1.47 bits per heavy atom. The lowest BCUT2D eigenvalue weighted by molar-refractivity contribution is -0.121. The molecule has 0 radical (unpaired) electrons. The van der Waals surface area contributed by atoms with Gasteiger partial charge in [-0.15, -0.1) is 0 Å². The number of urea groups is 1. The van der Waals surface area contributed by atoms with Crippen molar-refractivity contribution < 1.29 is 46.2 Å². The predicted octanol–water partition coefficient (Wildman–Crippen LogP) is 3.59. The highest BCUT2D eigenvalue weighted by molar-refractivity contribution is 8.00. The average Bonchev–Trinajstić information content (AvgIpc) is 3.57. The monoisotopic (exact) mass is 663 g/mol. The molecule has 0 aliphatic carbocycles. The minimum absolute atomic E-state index is 0.0141. The quantitative estimate of drug-likeness (QED) is 0.0296. The largest absolute Gasteiger partial charge is 0.379 e. The highest BCUT2D eigenvalue weighted by Gasteiger charge is 2.42. The van der Waals surface area contributed by atoms with Crippen LogP contribution < -0.4 is 21.3 Å². The van der Waals surface area contributed by atoms with Gasteiger partial charge in [0.2, 0.25) is 5.91 Å². The van der Waals surface area contributed by atoms with Crippen molar-refractivity contribution >= 4 is 35.3 Å². The van der Waals surface area contributed by atoms with Gasteiger partial charge in [-0.3, -0.25) is 9.59 Å². The Morgan fingerprint density at radius 3 is 2.09 bits per heavy atom. The molecule has 0 aromatic heterocycles. The Kier molecular flexibility index (Phi) is 15.5. The highest BCUT2D eigenvalue weighted by atomic mass is 32.2. The number of fused-ring (bicyclic) bond motifs is 1. The van der Waals surface area contributed by atoms with E-state index < -0.39 is 40.4 Å². The second-order valence-electron chi connectivity index (χ2n) is 10.2. The van der Waals surface area contributed by atoms with Crippen molar-refractivity contribution in [1.82, 2.24) is 21.3 Å². The molecule has 4 amide bonds. The van der Waals surface area contributed by atoms with Crippen LogP contribution in [0.4, 0.5) is 28.0 Å². The molecule has 0 unspecified atom stereocenters. The van der Waals surface area contributed by atoms with E-state index in [0.717, 1.165) is 25.0 Å². The summed E-state index contributed by atoms with van der Waals surface area (Å²) in [5, 5.41) is 13.9. The number of carbonyl (C=O) groups is 3. The number of thioether (sulfide) groups is 1. The first-order chi connectivity index (χ1) is 21.7. The van der Waals surface area contributed by atoms with Gasteiger partial charge in [0.1, 0.15) is 11.3 Å². The number of hydrogen-bond donors (Lipinski definition) is 4. The van der Waals surface area contributed by atoms with Crippen LogP contribution in [0.2, 0.25) is 0 Å². The summed E-state index contributed by atoms with van der Waals surface area (Å²) in [6, 6.07) is 0.314. The van der Waals surface area contributed by atoms with Gasteiger partial charge >= 0.3 is 6.03 Å². The summed E-state index contributed by atoms with van der Waals surface area (Å²) in [5.41, 5.74) is 5.30. The van der Waals surface area contributed by atoms with Crippen molar-refractivity contribution in [2.45, 2.75) is 55.9 Å². The molecule has 0 spiro atoms. The first-order valence-corrected chi connectivity index (χ1v) is 15.7.